The second-order valence-corrected chi connectivity index (χ2v) is 6.63. The lowest BCUT2D eigenvalue weighted by molar-refractivity contribution is 0.355. The molecule has 0 aliphatic heterocycles. The molecular formula is C14H19ClN2S. The van der Waals surface area contributed by atoms with Gasteiger partial charge in [0, 0.05) is 28.7 Å². The van der Waals surface area contributed by atoms with E-state index in [4.69, 9.17) is 11.6 Å². The Bertz CT molecular complexity index is 507. The maximum atomic E-state index is 5.76. The Morgan fingerprint density at radius 2 is 2.22 bits per heavy atom. The highest BCUT2D eigenvalue weighted by Crippen LogP contribution is 2.28. The number of aromatic nitrogens is 1. The summed E-state index contributed by atoms with van der Waals surface area (Å²) >= 11 is 7.51. The van der Waals surface area contributed by atoms with E-state index in [1.54, 1.807) is 11.3 Å². The molecule has 2 rings (SSSR count). The molecule has 0 spiro atoms. The van der Waals surface area contributed by atoms with E-state index in [9.17, 15) is 0 Å². The third kappa shape index (κ3) is 3.36. The molecule has 2 heterocycles. The van der Waals surface area contributed by atoms with Crippen LogP contribution in [0.3, 0.4) is 0 Å². The van der Waals surface area contributed by atoms with Gasteiger partial charge in [-0.3, -0.25) is 0 Å². The van der Waals surface area contributed by atoms with Gasteiger partial charge in [-0.2, -0.15) is 0 Å². The van der Waals surface area contributed by atoms with Gasteiger partial charge in [-0.25, -0.2) is 4.98 Å². The zero-order valence-electron chi connectivity index (χ0n) is 10.9. The zero-order valence-corrected chi connectivity index (χ0v) is 12.4. The van der Waals surface area contributed by atoms with Crippen LogP contribution in [0.1, 0.15) is 26.7 Å². The van der Waals surface area contributed by atoms with Crippen molar-refractivity contribution in [3.05, 3.63) is 23.7 Å². The Hall–Kier alpha value is -0.800. The summed E-state index contributed by atoms with van der Waals surface area (Å²) in [7, 11) is 0. The average molecular weight is 283 g/mol. The van der Waals surface area contributed by atoms with E-state index in [0.29, 0.717) is 0 Å². The number of alkyl halides is 1. The van der Waals surface area contributed by atoms with Gasteiger partial charge in [0.2, 0.25) is 0 Å². The summed E-state index contributed by atoms with van der Waals surface area (Å²) in [6, 6.07) is 4.19. The highest BCUT2D eigenvalue weighted by Gasteiger charge is 2.17. The number of pyridine rings is 1. The van der Waals surface area contributed by atoms with Crippen LogP contribution in [0.25, 0.3) is 10.1 Å². The van der Waals surface area contributed by atoms with Crippen molar-refractivity contribution in [3.8, 4) is 0 Å². The van der Waals surface area contributed by atoms with Gasteiger partial charge in [-0.15, -0.1) is 22.9 Å². The van der Waals surface area contributed by atoms with Crippen molar-refractivity contribution in [2.75, 3.05) is 17.7 Å². The maximum absolute atomic E-state index is 5.76. The Morgan fingerprint density at radius 3 is 3.00 bits per heavy atom. The fourth-order valence-corrected chi connectivity index (χ4v) is 2.91. The highest BCUT2D eigenvalue weighted by atomic mass is 35.5. The van der Waals surface area contributed by atoms with Gasteiger partial charge in [-0.1, -0.05) is 13.8 Å². The Morgan fingerprint density at radius 1 is 1.39 bits per heavy atom. The first-order valence-electron chi connectivity index (χ1n) is 6.24. The van der Waals surface area contributed by atoms with Crippen LogP contribution in [0.4, 0.5) is 5.82 Å². The first-order chi connectivity index (χ1) is 8.62. The molecule has 0 radical (unpaired) electrons. The third-order valence-electron chi connectivity index (χ3n) is 3.10. The number of hydrogen-bond acceptors (Lipinski definition) is 3. The number of anilines is 1. The van der Waals surface area contributed by atoms with E-state index in [1.165, 1.54) is 10.1 Å². The SMILES string of the molecule is CC(C)(CCCCl)CNc1nccc2sccc12. The Labute approximate surface area is 117 Å². The van der Waals surface area contributed by atoms with Gasteiger partial charge in [0.05, 0.1) is 0 Å². The second kappa shape index (κ2) is 5.89. The summed E-state index contributed by atoms with van der Waals surface area (Å²) < 4.78 is 1.28. The fourth-order valence-electron chi connectivity index (χ4n) is 1.99. The number of hydrogen-bond donors (Lipinski definition) is 1. The topological polar surface area (TPSA) is 24.9 Å². The van der Waals surface area contributed by atoms with Crippen LogP contribution < -0.4 is 5.32 Å². The Balaban J connectivity index is 2.03. The molecule has 2 aromatic rings. The number of fused-ring (bicyclic) bond motifs is 1. The maximum Gasteiger partial charge on any atom is 0.134 e. The summed E-state index contributed by atoms with van der Waals surface area (Å²) in [5.74, 6) is 1.73. The molecule has 2 aromatic heterocycles. The smallest absolute Gasteiger partial charge is 0.134 e. The quantitative estimate of drug-likeness (QED) is 0.773. The molecule has 0 saturated heterocycles. The molecule has 0 atom stereocenters. The van der Waals surface area contributed by atoms with Crippen molar-refractivity contribution in [2.45, 2.75) is 26.7 Å². The predicted molar refractivity (Wildman–Crippen MR) is 81.8 cm³/mol. The van der Waals surface area contributed by atoms with Crippen LogP contribution in [0.5, 0.6) is 0 Å². The lowest BCUT2D eigenvalue weighted by atomic mass is 9.88. The molecule has 0 aromatic carbocycles. The lowest BCUT2D eigenvalue weighted by Crippen LogP contribution is -2.23. The normalized spacial score (nSPS) is 11.9. The van der Waals surface area contributed by atoms with E-state index in [1.807, 2.05) is 6.20 Å². The van der Waals surface area contributed by atoms with E-state index >= 15 is 0 Å². The van der Waals surface area contributed by atoms with E-state index in [0.717, 1.165) is 31.1 Å². The monoisotopic (exact) mass is 282 g/mol. The molecular weight excluding hydrogens is 264 g/mol. The molecule has 2 nitrogen and oxygen atoms in total. The molecule has 18 heavy (non-hydrogen) atoms. The third-order valence-corrected chi connectivity index (χ3v) is 4.25. The minimum Gasteiger partial charge on any atom is -0.369 e. The van der Waals surface area contributed by atoms with Crippen LogP contribution >= 0.6 is 22.9 Å². The molecule has 0 amide bonds. The first kappa shape index (κ1) is 13.6. The predicted octanol–water partition coefficient (Wildman–Crippen LogP) is 4.75. The van der Waals surface area contributed by atoms with Gasteiger partial charge >= 0.3 is 0 Å². The van der Waals surface area contributed by atoms with Gasteiger partial charge in [0.25, 0.3) is 0 Å². The first-order valence-corrected chi connectivity index (χ1v) is 7.66. The van der Waals surface area contributed by atoms with Gasteiger partial charge in [0.15, 0.2) is 0 Å². The summed E-state index contributed by atoms with van der Waals surface area (Å²) in [6.45, 7) is 5.45. The van der Waals surface area contributed by atoms with Crippen LogP contribution in [-0.2, 0) is 0 Å². The van der Waals surface area contributed by atoms with Crippen LogP contribution in [0.2, 0.25) is 0 Å². The van der Waals surface area contributed by atoms with Crippen LogP contribution in [0.15, 0.2) is 23.7 Å². The van der Waals surface area contributed by atoms with Gasteiger partial charge < -0.3 is 5.32 Å². The largest absolute Gasteiger partial charge is 0.369 e. The molecule has 0 aliphatic rings. The van der Waals surface area contributed by atoms with Crippen molar-refractivity contribution in [1.82, 2.24) is 4.98 Å². The minimum absolute atomic E-state index is 0.245. The number of halogens is 1. The van der Waals surface area contributed by atoms with E-state index in [2.05, 4.69) is 41.7 Å². The molecule has 0 fully saturated rings. The average Bonchev–Trinajstić information content (AvgIpc) is 2.82. The van der Waals surface area contributed by atoms with Crippen LogP contribution in [0, 0.1) is 5.41 Å². The highest BCUT2D eigenvalue weighted by molar-refractivity contribution is 7.17. The standard InChI is InChI=1S/C14H19ClN2S/c1-14(2,6-3-7-15)10-17-13-11-5-9-18-12(11)4-8-16-13/h4-5,8-9H,3,6-7,10H2,1-2H3,(H,16,17). The molecule has 1 N–H and O–H groups in total. The Kier molecular flexibility index (Phi) is 4.46. The summed E-state index contributed by atoms with van der Waals surface area (Å²) in [4.78, 5) is 4.43. The van der Waals surface area contributed by atoms with Crippen molar-refractivity contribution in [2.24, 2.45) is 5.41 Å². The van der Waals surface area contributed by atoms with Crippen molar-refractivity contribution in [1.29, 1.82) is 0 Å². The number of nitrogens with one attached hydrogen (secondary N) is 1. The second-order valence-electron chi connectivity index (χ2n) is 5.30. The van der Waals surface area contributed by atoms with Crippen LogP contribution in [-0.4, -0.2) is 17.4 Å². The molecule has 0 unspecified atom stereocenters. The van der Waals surface area contributed by atoms with Gasteiger partial charge in [-0.05, 0) is 35.8 Å². The number of rotatable bonds is 6. The van der Waals surface area contributed by atoms with Crippen molar-refractivity contribution in [3.63, 3.8) is 0 Å². The summed E-state index contributed by atoms with van der Waals surface area (Å²) in [6.07, 6.45) is 4.06. The molecule has 0 saturated carbocycles. The van der Waals surface area contributed by atoms with E-state index < -0.39 is 0 Å². The molecule has 0 aliphatic carbocycles. The summed E-state index contributed by atoms with van der Waals surface area (Å²) in [5, 5.41) is 6.80. The number of nitrogens with zero attached hydrogens (tertiary/aromatic N) is 1. The summed E-state index contributed by atoms with van der Waals surface area (Å²) in [5.41, 5.74) is 0.245. The molecule has 4 heteroatoms. The van der Waals surface area contributed by atoms with Gasteiger partial charge in [0.1, 0.15) is 5.82 Å². The fraction of sp³-hybridized carbons (Fsp3) is 0.500. The van der Waals surface area contributed by atoms with E-state index in [-0.39, 0.29) is 5.41 Å². The minimum atomic E-state index is 0.245. The van der Waals surface area contributed by atoms with Crippen molar-refractivity contribution >= 4 is 38.8 Å². The lowest BCUT2D eigenvalue weighted by Gasteiger charge is -2.25. The zero-order chi connectivity index (χ0) is 13.0. The molecule has 98 valence electrons. The molecule has 0 bridgehead atoms. The number of thiophene rings is 1. The van der Waals surface area contributed by atoms with Crippen molar-refractivity contribution < 1.29 is 0 Å².